The van der Waals surface area contributed by atoms with Crippen LogP contribution in [-0.4, -0.2) is 69.0 Å². The second-order valence-electron chi connectivity index (χ2n) is 15.3. The third-order valence-corrected chi connectivity index (χ3v) is 15.9. The fourth-order valence-corrected chi connectivity index (χ4v) is 13.0. The molecule has 1 N–H and O–H groups in total. The number of esters is 1. The van der Waals surface area contributed by atoms with Gasteiger partial charge in [0.2, 0.25) is 0 Å². The molecule has 296 valence electrons. The number of ether oxygens (including phenoxy) is 3. The highest BCUT2D eigenvalue weighted by molar-refractivity contribution is 7.86. The monoisotopic (exact) mass is 800 g/mol. The number of H-pyrrole nitrogens is 1. The first-order chi connectivity index (χ1) is 26.4. The first-order valence-electron chi connectivity index (χ1n) is 18.3. The summed E-state index contributed by atoms with van der Waals surface area (Å²) in [6, 6.07) is 33.4. The minimum Gasteiger partial charge on any atom is -0.455 e. The van der Waals surface area contributed by atoms with Crippen LogP contribution in [0.4, 0.5) is 0 Å². The van der Waals surface area contributed by atoms with Gasteiger partial charge in [0.1, 0.15) is 17.8 Å². The Hall–Kier alpha value is -4.70. The highest BCUT2D eigenvalue weighted by Gasteiger charge is 2.64. The third kappa shape index (κ3) is 8.22. The molecule has 56 heavy (non-hydrogen) atoms. The Labute approximate surface area is 327 Å². The zero-order chi connectivity index (χ0) is 40.5. The Bertz CT molecular complexity index is 2370. The lowest BCUT2D eigenvalue weighted by Crippen LogP contribution is -2.69. The molecule has 2 heterocycles. The molecular weight excluding hydrogens is 753 g/mol. The standard InChI is InChI=1S/C42H48N2O10SSi/c1-28-25-44(40(47)43-38(28)46)39-36(52-30(3)45)37(50-26-31-22-23-32-16-14-15-17-33(32)24-31)42(53-39,29(2)54-55(7,48)49)27-51-56(41(4,5)6,34-18-10-8-11-19-34)35-20-12-9-13-21-35/h8-25,29,36-37,39H,26-27H2,1-7H3,(H,43,46,47)/t29-,36-,37+,39-,42+/m1/s1. The summed E-state index contributed by atoms with van der Waals surface area (Å²) in [4.78, 5) is 41.3. The van der Waals surface area contributed by atoms with Gasteiger partial charge in [0.05, 0.1) is 19.5 Å². The van der Waals surface area contributed by atoms with Crippen LogP contribution in [0.25, 0.3) is 10.8 Å². The van der Waals surface area contributed by atoms with E-state index in [2.05, 4.69) is 25.8 Å². The maximum absolute atomic E-state index is 13.5. The number of hydrogen-bond donors (Lipinski definition) is 1. The summed E-state index contributed by atoms with van der Waals surface area (Å²) >= 11 is 0. The second kappa shape index (κ2) is 16.0. The van der Waals surface area contributed by atoms with Crippen LogP contribution in [-0.2, 0) is 44.3 Å². The number of benzene rings is 4. The number of aryl methyl sites for hydroxylation is 1. The number of carbonyl (C=O) groups excluding carboxylic acids is 1. The van der Waals surface area contributed by atoms with Crippen molar-refractivity contribution >= 4 is 45.6 Å². The van der Waals surface area contributed by atoms with Crippen molar-refractivity contribution in [2.45, 2.75) is 83.3 Å². The van der Waals surface area contributed by atoms with Crippen LogP contribution in [0.5, 0.6) is 0 Å². The van der Waals surface area contributed by atoms with Crippen LogP contribution >= 0.6 is 0 Å². The average Bonchev–Trinajstić information content (AvgIpc) is 3.44. The van der Waals surface area contributed by atoms with Crippen molar-refractivity contribution < 1.29 is 36.0 Å². The van der Waals surface area contributed by atoms with E-state index >= 15 is 0 Å². The summed E-state index contributed by atoms with van der Waals surface area (Å²) in [5, 5.41) is 3.36. The Kier molecular flexibility index (Phi) is 11.7. The Balaban J connectivity index is 1.58. The highest BCUT2D eigenvalue weighted by Crippen LogP contribution is 2.46. The van der Waals surface area contributed by atoms with Gasteiger partial charge in [-0.3, -0.25) is 23.3 Å². The normalized spacial score (nSPS) is 20.9. The molecule has 5 atom stereocenters. The summed E-state index contributed by atoms with van der Waals surface area (Å²) in [5.74, 6) is -0.711. The molecule has 4 aromatic carbocycles. The van der Waals surface area contributed by atoms with Crippen molar-refractivity contribution in [1.82, 2.24) is 9.55 Å². The van der Waals surface area contributed by atoms with Crippen molar-refractivity contribution in [3.05, 3.63) is 141 Å². The average molecular weight is 801 g/mol. The minimum absolute atomic E-state index is 0.0323. The Morgan fingerprint density at radius 2 is 1.52 bits per heavy atom. The van der Waals surface area contributed by atoms with Gasteiger partial charge in [-0.15, -0.1) is 0 Å². The molecule has 1 aliphatic rings. The molecule has 12 nitrogen and oxygen atoms in total. The van der Waals surface area contributed by atoms with Gasteiger partial charge in [-0.1, -0.05) is 118 Å². The van der Waals surface area contributed by atoms with E-state index in [1.54, 1.807) is 0 Å². The van der Waals surface area contributed by atoms with E-state index in [4.69, 9.17) is 22.8 Å². The number of hydrogen-bond acceptors (Lipinski definition) is 10. The largest absolute Gasteiger partial charge is 0.455 e. The second-order valence-corrected chi connectivity index (χ2v) is 21.2. The van der Waals surface area contributed by atoms with E-state index in [1.165, 1.54) is 27.0 Å². The molecule has 0 saturated carbocycles. The predicted octanol–water partition coefficient (Wildman–Crippen LogP) is 4.72. The van der Waals surface area contributed by atoms with E-state index in [0.717, 1.165) is 37.5 Å². The quantitative estimate of drug-likeness (QED) is 0.101. The number of carbonyl (C=O) groups is 1. The maximum Gasteiger partial charge on any atom is 0.330 e. The Morgan fingerprint density at radius 1 is 0.929 bits per heavy atom. The first kappa shape index (κ1) is 40.9. The summed E-state index contributed by atoms with van der Waals surface area (Å²) in [7, 11) is -7.51. The number of fused-ring (bicyclic) bond motifs is 1. The third-order valence-electron chi connectivity index (χ3n) is 10.3. The molecule has 1 fully saturated rings. The molecule has 0 radical (unpaired) electrons. The summed E-state index contributed by atoms with van der Waals surface area (Å²) < 4.78 is 59.9. The number of aromatic nitrogens is 2. The molecule has 0 bridgehead atoms. The zero-order valence-corrected chi connectivity index (χ0v) is 34.4. The van der Waals surface area contributed by atoms with E-state index in [-0.39, 0.29) is 18.8 Å². The van der Waals surface area contributed by atoms with Crippen LogP contribution in [0.3, 0.4) is 0 Å². The SMILES string of the molecule is CC(=O)O[C@H]1[C@H](n2cc(C)c(=O)[nH]c2=O)O[C@@](CO[Si](c2ccccc2)(c2ccccc2)C(C)(C)C)([C@@H](C)OS(C)(=O)=O)[C@H]1OCc1ccc2ccccc2c1. The van der Waals surface area contributed by atoms with E-state index < -0.39 is 70.8 Å². The number of aromatic amines is 1. The molecule has 1 saturated heterocycles. The summed E-state index contributed by atoms with van der Waals surface area (Å²) in [6.45, 7) is 10.2. The molecule has 0 unspecified atom stereocenters. The summed E-state index contributed by atoms with van der Waals surface area (Å²) in [6.07, 6.45) is -3.17. The minimum atomic E-state index is -4.15. The maximum atomic E-state index is 13.5. The van der Waals surface area contributed by atoms with Gasteiger partial charge in [0.15, 0.2) is 12.3 Å². The van der Waals surface area contributed by atoms with Crippen molar-refractivity contribution in [3.63, 3.8) is 0 Å². The molecule has 1 aromatic heterocycles. The first-order valence-corrected chi connectivity index (χ1v) is 22.1. The zero-order valence-electron chi connectivity index (χ0n) is 32.6. The fraction of sp³-hybridized carbons (Fsp3) is 0.357. The van der Waals surface area contributed by atoms with Gasteiger partial charge in [-0.2, -0.15) is 8.42 Å². The number of nitrogens with one attached hydrogen (secondary N) is 1. The van der Waals surface area contributed by atoms with Crippen LogP contribution in [0, 0.1) is 6.92 Å². The lowest BCUT2D eigenvalue weighted by Gasteiger charge is -2.46. The van der Waals surface area contributed by atoms with Crippen LogP contribution in [0.2, 0.25) is 5.04 Å². The Morgan fingerprint density at radius 3 is 2.09 bits per heavy atom. The van der Waals surface area contributed by atoms with Gasteiger partial charge in [0, 0.05) is 18.7 Å². The van der Waals surface area contributed by atoms with Gasteiger partial charge >= 0.3 is 11.7 Å². The number of rotatable bonds is 13. The molecular formula is C42H48N2O10SSi. The lowest BCUT2D eigenvalue weighted by atomic mass is 9.90. The predicted molar refractivity (Wildman–Crippen MR) is 216 cm³/mol. The van der Waals surface area contributed by atoms with E-state index in [1.807, 2.05) is 103 Å². The topological polar surface area (TPSA) is 152 Å². The van der Waals surface area contributed by atoms with Gasteiger partial charge in [0.25, 0.3) is 24.0 Å². The van der Waals surface area contributed by atoms with Crippen molar-refractivity contribution in [3.8, 4) is 0 Å². The molecule has 5 aromatic rings. The molecule has 6 rings (SSSR count). The fourth-order valence-electron chi connectivity index (χ4n) is 7.73. The lowest BCUT2D eigenvalue weighted by molar-refractivity contribution is -0.181. The van der Waals surface area contributed by atoms with Crippen LogP contribution < -0.4 is 21.6 Å². The van der Waals surface area contributed by atoms with Crippen molar-refractivity contribution in [2.75, 3.05) is 12.9 Å². The van der Waals surface area contributed by atoms with E-state index in [0.29, 0.717) is 0 Å². The van der Waals surface area contributed by atoms with Crippen molar-refractivity contribution in [2.24, 2.45) is 0 Å². The van der Waals surface area contributed by atoms with E-state index in [9.17, 15) is 22.8 Å². The molecule has 0 amide bonds. The highest BCUT2D eigenvalue weighted by atomic mass is 32.2. The molecule has 0 spiro atoms. The van der Waals surface area contributed by atoms with Crippen LogP contribution in [0.1, 0.15) is 52.0 Å². The van der Waals surface area contributed by atoms with Gasteiger partial charge < -0.3 is 18.6 Å². The smallest absolute Gasteiger partial charge is 0.330 e. The van der Waals surface area contributed by atoms with Crippen LogP contribution in [0.15, 0.2) is 119 Å². The molecule has 1 aliphatic heterocycles. The van der Waals surface area contributed by atoms with Gasteiger partial charge in [-0.05, 0) is 51.7 Å². The molecule has 14 heteroatoms. The molecule has 0 aliphatic carbocycles. The van der Waals surface area contributed by atoms with Gasteiger partial charge in [-0.25, -0.2) is 4.79 Å². The van der Waals surface area contributed by atoms with Crippen molar-refractivity contribution in [1.29, 1.82) is 0 Å². The summed E-state index contributed by atoms with van der Waals surface area (Å²) in [5.41, 5.74) is -2.35. The number of nitrogens with zero attached hydrogens (tertiary/aromatic N) is 1.